The molecule has 0 spiro atoms. The zero-order valence-corrected chi connectivity index (χ0v) is 15.1. The molecule has 2 aromatic rings. The molecule has 3 rings (SSSR count). The Bertz CT molecular complexity index is 978. The van der Waals surface area contributed by atoms with Gasteiger partial charge in [-0.3, -0.25) is 9.79 Å². The van der Waals surface area contributed by atoms with Gasteiger partial charge in [0, 0.05) is 16.8 Å². The highest BCUT2D eigenvalue weighted by Crippen LogP contribution is 2.34. The Kier molecular flexibility index (Phi) is 5.47. The smallest absolute Gasteiger partial charge is 0.249 e. The van der Waals surface area contributed by atoms with Gasteiger partial charge in [-0.1, -0.05) is 35.9 Å². The Morgan fingerprint density at radius 3 is 2.30 bits per heavy atom. The van der Waals surface area contributed by atoms with Gasteiger partial charge in [-0.15, -0.1) is 0 Å². The molecule has 0 aromatic heterocycles. The van der Waals surface area contributed by atoms with Crippen LogP contribution in [0.15, 0.2) is 70.7 Å². The molecular weight excluding hydrogens is 366 g/mol. The monoisotopic (exact) mass is 380 g/mol. The molecule has 1 amide bonds. The second-order valence-electron chi connectivity index (χ2n) is 5.87. The highest BCUT2D eigenvalue weighted by molar-refractivity contribution is 6.30. The van der Waals surface area contributed by atoms with Gasteiger partial charge in [0.05, 0.1) is 23.3 Å². The molecule has 1 aliphatic heterocycles. The number of halogens is 1. The maximum absolute atomic E-state index is 12.1. The maximum Gasteiger partial charge on any atom is 0.249 e. The van der Waals surface area contributed by atoms with Crippen molar-refractivity contribution in [2.24, 2.45) is 9.98 Å². The van der Waals surface area contributed by atoms with E-state index in [9.17, 15) is 14.7 Å². The zero-order chi connectivity index (χ0) is 19.4. The first-order chi connectivity index (χ1) is 12.9. The van der Waals surface area contributed by atoms with Crippen molar-refractivity contribution in [1.29, 1.82) is 0 Å². The van der Waals surface area contributed by atoms with Crippen LogP contribution in [0.5, 0.6) is 0 Å². The lowest BCUT2D eigenvalue weighted by atomic mass is 9.93. The molecule has 1 aliphatic rings. The molecule has 1 N–H and O–H groups in total. The van der Waals surface area contributed by atoms with Gasteiger partial charge < -0.3 is 15.2 Å². The van der Waals surface area contributed by atoms with Crippen molar-refractivity contribution in [3.05, 3.63) is 71.3 Å². The van der Waals surface area contributed by atoms with Crippen molar-refractivity contribution in [3.63, 3.8) is 0 Å². The topological polar surface area (TPSA) is 94.0 Å². The summed E-state index contributed by atoms with van der Waals surface area (Å²) in [5.74, 6) is -2.15. The number of aliphatic carboxylic acids is 1. The van der Waals surface area contributed by atoms with Crippen molar-refractivity contribution in [2.45, 2.75) is 12.8 Å². The van der Waals surface area contributed by atoms with E-state index in [1.54, 1.807) is 18.2 Å². The van der Waals surface area contributed by atoms with Crippen LogP contribution in [0.3, 0.4) is 0 Å². The van der Waals surface area contributed by atoms with Crippen LogP contribution < -0.4 is 10.4 Å². The Morgan fingerprint density at radius 1 is 1.04 bits per heavy atom. The summed E-state index contributed by atoms with van der Waals surface area (Å²) in [5, 5.41) is 13.8. The Morgan fingerprint density at radius 2 is 1.67 bits per heavy atom. The van der Waals surface area contributed by atoms with E-state index in [1.165, 1.54) is 0 Å². The average molecular weight is 381 g/mol. The molecule has 6 nitrogen and oxygen atoms in total. The molecule has 136 valence electrons. The molecule has 2 aromatic carbocycles. The van der Waals surface area contributed by atoms with Gasteiger partial charge in [0.1, 0.15) is 5.84 Å². The average Bonchev–Trinajstić information content (AvgIpc) is 2.76. The van der Waals surface area contributed by atoms with Crippen LogP contribution in [-0.4, -0.2) is 23.4 Å². The molecule has 27 heavy (non-hydrogen) atoms. The van der Waals surface area contributed by atoms with E-state index in [-0.39, 0.29) is 0 Å². The fourth-order valence-corrected chi connectivity index (χ4v) is 2.89. The summed E-state index contributed by atoms with van der Waals surface area (Å²) in [5.41, 5.74) is 2.86. The third-order valence-corrected chi connectivity index (χ3v) is 4.19. The van der Waals surface area contributed by atoms with E-state index in [0.29, 0.717) is 28.3 Å². The van der Waals surface area contributed by atoms with Crippen molar-refractivity contribution >= 4 is 46.4 Å². The number of nitrogens with one attached hydrogen (secondary N) is 1. The molecule has 0 saturated heterocycles. The SMILES string of the molecule is CC1=Nc2ccccc2N=C(NC(=O)/C=C/C(=O)[O-])[C@H]1c1ccc(Cl)cc1. The number of amides is 1. The maximum atomic E-state index is 12.1. The third kappa shape index (κ3) is 4.48. The lowest BCUT2D eigenvalue weighted by Crippen LogP contribution is -2.36. The van der Waals surface area contributed by atoms with Crippen LogP contribution in [0.1, 0.15) is 18.4 Å². The highest BCUT2D eigenvalue weighted by Gasteiger charge is 2.26. The second-order valence-corrected chi connectivity index (χ2v) is 6.30. The summed E-state index contributed by atoms with van der Waals surface area (Å²) in [4.78, 5) is 31.9. The van der Waals surface area contributed by atoms with Gasteiger partial charge in [-0.2, -0.15) is 0 Å². The van der Waals surface area contributed by atoms with Crippen LogP contribution in [-0.2, 0) is 9.59 Å². The largest absolute Gasteiger partial charge is 0.545 e. The molecule has 1 heterocycles. The fraction of sp³-hybridized carbons (Fsp3) is 0.100. The number of nitrogens with zero attached hydrogens (tertiary/aromatic N) is 2. The van der Waals surface area contributed by atoms with Crippen LogP contribution >= 0.6 is 11.6 Å². The first-order valence-corrected chi connectivity index (χ1v) is 8.50. The number of para-hydroxylation sites is 2. The molecule has 0 bridgehead atoms. The molecule has 1 atom stereocenters. The number of fused-ring (bicyclic) bond motifs is 1. The third-order valence-electron chi connectivity index (χ3n) is 3.94. The summed E-state index contributed by atoms with van der Waals surface area (Å²) in [6.45, 7) is 1.85. The minimum absolute atomic E-state index is 0.344. The van der Waals surface area contributed by atoms with Gasteiger partial charge in [0.15, 0.2) is 0 Å². The van der Waals surface area contributed by atoms with Gasteiger partial charge in [0.2, 0.25) is 5.91 Å². The zero-order valence-electron chi connectivity index (χ0n) is 14.3. The van der Waals surface area contributed by atoms with Crippen LogP contribution in [0.25, 0.3) is 0 Å². The van der Waals surface area contributed by atoms with Gasteiger partial charge in [-0.05, 0) is 42.8 Å². The molecule has 0 fully saturated rings. The van der Waals surface area contributed by atoms with E-state index >= 15 is 0 Å². The minimum atomic E-state index is -1.45. The van der Waals surface area contributed by atoms with Crippen LogP contribution in [0, 0.1) is 0 Å². The fourth-order valence-electron chi connectivity index (χ4n) is 2.77. The van der Waals surface area contributed by atoms with E-state index in [2.05, 4.69) is 15.3 Å². The summed E-state index contributed by atoms with van der Waals surface area (Å²) >= 11 is 5.98. The van der Waals surface area contributed by atoms with Gasteiger partial charge in [0.25, 0.3) is 0 Å². The van der Waals surface area contributed by atoms with Crippen LogP contribution in [0.2, 0.25) is 5.02 Å². The first-order valence-electron chi connectivity index (χ1n) is 8.12. The molecule has 0 radical (unpaired) electrons. The normalized spacial score (nSPS) is 16.1. The number of aliphatic imine (C=N–C) groups is 2. The van der Waals surface area contributed by atoms with Crippen molar-refractivity contribution in [2.75, 3.05) is 0 Å². The Labute approximate surface area is 160 Å². The Balaban J connectivity index is 2.06. The number of carbonyl (C=O) groups is 2. The number of amidine groups is 1. The van der Waals surface area contributed by atoms with Crippen molar-refractivity contribution in [1.82, 2.24) is 5.32 Å². The van der Waals surface area contributed by atoms with E-state index in [4.69, 9.17) is 11.6 Å². The van der Waals surface area contributed by atoms with Gasteiger partial charge >= 0.3 is 0 Å². The van der Waals surface area contributed by atoms with E-state index in [0.717, 1.165) is 17.4 Å². The number of rotatable bonds is 3. The highest BCUT2D eigenvalue weighted by atomic mass is 35.5. The number of hydrogen-bond donors (Lipinski definition) is 1. The summed E-state index contributed by atoms with van der Waals surface area (Å²) < 4.78 is 0. The number of benzene rings is 2. The predicted molar refractivity (Wildman–Crippen MR) is 103 cm³/mol. The number of carboxylic acids is 1. The lowest BCUT2D eigenvalue weighted by Gasteiger charge is -2.19. The van der Waals surface area contributed by atoms with E-state index < -0.39 is 17.8 Å². The second kappa shape index (κ2) is 7.97. The molecule has 0 aliphatic carbocycles. The lowest BCUT2D eigenvalue weighted by molar-refractivity contribution is -0.297. The first kappa shape index (κ1) is 18.5. The van der Waals surface area contributed by atoms with Crippen molar-refractivity contribution < 1.29 is 14.7 Å². The summed E-state index contributed by atoms with van der Waals surface area (Å²) in [6, 6.07) is 14.5. The molecule has 7 heteroatoms. The number of carboxylic acid groups (broad SMARTS) is 1. The standard InChI is InChI=1S/C20H16ClN3O3/c1-12-19(13-6-8-14(21)9-7-13)20(24-17(25)10-11-18(26)27)23-16-5-3-2-4-15(16)22-12/h2-11,19H,1H3,(H,26,27)(H,23,24,25)/p-1/b11-10+/t19-/m1/s1. The minimum Gasteiger partial charge on any atom is -0.545 e. The summed E-state index contributed by atoms with van der Waals surface area (Å²) in [6.07, 6.45) is 1.55. The molecular formula is C20H15ClN3O3-. The molecule has 0 unspecified atom stereocenters. The van der Waals surface area contributed by atoms with E-state index in [1.807, 2.05) is 37.3 Å². The Hall–Kier alpha value is -3.25. The summed E-state index contributed by atoms with van der Waals surface area (Å²) in [7, 11) is 0. The number of hydrogen-bond acceptors (Lipinski definition) is 5. The quantitative estimate of drug-likeness (QED) is 0.829. The van der Waals surface area contributed by atoms with Gasteiger partial charge in [-0.25, -0.2) is 4.99 Å². The molecule has 0 saturated carbocycles. The van der Waals surface area contributed by atoms with Crippen molar-refractivity contribution in [3.8, 4) is 0 Å². The number of carbonyl (C=O) groups excluding carboxylic acids is 2. The van der Waals surface area contributed by atoms with Crippen LogP contribution in [0.4, 0.5) is 11.4 Å². The predicted octanol–water partition coefficient (Wildman–Crippen LogP) is 2.68.